The number of hydrogen-bond donors (Lipinski definition) is 0. The van der Waals surface area contributed by atoms with Crippen molar-refractivity contribution in [2.45, 2.75) is 18.2 Å². The van der Waals surface area contributed by atoms with Crippen LogP contribution in [-0.2, 0) is 20.7 Å². The minimum absolute atomic E-state index is 0.208. The molecule has 17 heavy (non-hydrogen) atoms. The van der Waals surface area contributed by atoms with Crippen molar-refractivity contribution in [1.82, 2.24) is 0 Å². The highest BCUT2D eigenvalue weighted by Gasteiger charge is 2.11. The van der Waals surface area contributed by atoms with Crippen molar-refractivity contribution in [1.29, 1.82) is 0 Å². The van der Waals surface area contributed by atoms with E-state index in [9.17, 15) is 9.59 Å². The molecular formula is C12H13BrO4. The Kier molecular flexibility index (Phi) is 5.15. The first-order valence-electron chi connectivity index (χ1n) is 5.04. The van der Waals surface area contributed by atoms with Crippen LogP contribution in [0, 0.1) is 0 Å². The first kappa shape index (κ1) is 13.7. The maximum Gasteiger partial charge on any atom is 0.324 e. The van der Waals surface area contributed by atoms with E-state index in [2.05, 4.69) is 20.7 Å². The van der Waals surface area contributed by atoms with Crippen LogP contribution in [0.25, 0.3) is 0 Å². The Labute approximate surface area is 108 Å². The maximum absolute atomic E-state index is 11.3. The molecule has 0 saturated carbocycles. The van der Waals surface area contributed by atoms with E-state index in [1.807, 2.05) is 0 Å². The summed E-state index contributed by atoms with van der Waals surface area (Å²) in [6.45, 7) is 1.69. The van der Waals surface area contributed by atoms with Crippen LogP contribution in [0.15, 0.2) is 24.3 Å². The predicted octanol–water partition coefficient (Wildman–Crippen LogP) is 2.09. The molecule has 1 aromatic carbocycles. The van der Waals surface area contributed by atoms with Gasteiger partial charge in [0, 0.05) is 0 Å². The molecule has 0 aliphatic carbocycles. The summed E-state index contributed by atoms with van der Waals surface area (Å²) in [5.41, 5.74) is 0.809. The third-order valence-corrected chi connectivity index (χ3v) is 2.42. The highest BCUT2D eigenvalue weighted by Crippen LogP contribution is 2.14. The summed E-state index contributed by atoms with van der Waals surface area (Å²) >= 11 is 3.12. The second kappa shape index (κ2) is 6.39. The molecule has 1 rings (SSSR count). The molecule has 0 heterocycles. The van der Waals surface area contributed by atoms with Crippen molar-refractivity contribution in [3.63, 3.8) is 0 Å². The fourth-order valence-corrected chi connectivity index (χ4v) is 1.20. The Hall–Kier alpha value is -1.36. The molecule has 1 atom stereocenters. The molecule has 4 nitrogen and oxygen atoms in total. The lowest BCUT2D eigenvalue weighted by Gasteiger charge is -2.06. The molecule has 0 bridgehead atoms. The standard InChI is InChI=1S/C12H13BrO4/c1-8(13)12(15)17-10-5-3-9(4-6-10)7-11(14)16-2/h3-6,8H,7H2,1-2H3. The van der Waals surface area contributed by atoms with Crippen LogP contribution in [0.5, 0.6) is 5.75 Å². The quantitative estimate of drug-likeness (QED) is 0.485. The Morgan fingerprint density at radius 3 is 2.35 bits per heavy atom. The summed E-state index contributed by atoms with van der Waals surface area (Å²) < 4.78 is 9.61. The third-order valence-electron chi connectivity index (χ3n) is 2.04. The van der Waals surface area contributed by atoms with Crippen molar-refractivity contribution in [3.05, 3.63) is 29.8 Å². The smallest absolute Gasteiger partial charge is 0.324 e. The molecule has 0 amide bonds. The van der Waals surface area contributed by atoms with Gasteiger partial charge in [-0.05, 0) is 24.6 Å². The molecule has 0 radical (unpaired) electrons. The lowest BCUT2D eigenvalue weighted by Crippen LogP contribution is -2.17. The fourth-order valence-electron chi connectivity index (χ4n) is 1.11. The highest BCUT2D eigenvalue weighted by atomic mass is 79.9. The van der Waals surface area contributed by atoms with Gasteiger partial charge in [-0.1, -0.05) is 28.1 Å². The molecule has 1 aromatic rings. The molecule has 1 unspecified atom stereocenters. The zero-order valence-corrected chi connectivity index (χ0v) is 11.2. The number of carbonyl (C=O) groups is 2. The summed E-state index contributed by atoms with van der Waals surface area (Å²) in [5, 5.41) is 0. The van der Waals surface area contributed by atoms with Gasteiger partial charge in [0.25, 0.3) is 0 Å². The second-order valence-electron chi connectivity index (χ2n) is 3.43. The molecule has 0 fully saturated rings. The molecule has 0 aliphatic rings. The van der Waals surface area contributed by atoms with Crippen molar-refractivity contribution in [2.75, 3.05) is 7.11 Å². The minimum Gasteiger partial charge on any atom is -0.469 e. The first-order valence-corrected chi connectivity index (χ1v) is 5.96. The SMILES string of the molecule is COC(=O)Cc1ccc(OC(=O)C(C)Br)cc1. The predicted molar refractivity (Wildman–Crippen MR) is 66.2 cm³/mol. The van der Waals surface area contributed by atoms with Gasteiger partial charge in [0.15, 0.2) is 0 Å². The van der Waals surface area contributed by atoms with Gasteiger partial charge in [-0.25, -0.2) is 0 Å². The summed E-state index contributed by atoms with van der Waals surface area (Å²) in [6.07, 6.45) is 0.208. The zero-order chi connectivity index (χ0) is 12.8. The molecule has 0 spiro atoms. The largest absolute Gasteiger partial charge is 0.469 e. The molecule has 0 aromatic heterocycles. The number of methoxy groups -OCH3 is 1. The normalized spacial score (nSPS) is 11.7. The van der Waals surface area contributed by atoms with E-state index in [1.54, 1.807) is 31.2 Å². The van der Waals surface area contributed by atoms with Crippen LogP contribution >= 0.6 is 15.9 Å². The summed E-state index contributed by atoms with van der Waals surface area (Å²) in [4.78, 5) is 21.9. The molecule has 0 saturated heterocycles. The van der Waals surface area contributed by atoms with E-state index in [-0.39, 0.29) is 23.2 Å². The van der Waals surface area contributed by atoms with Crippen molar-refractivity contribution in [3.8, 4) is 5.75 Å². The van der Waals surface area contributed by atoms with E-state index in [1.165, 1.54) is 7.11 Å². The van der Waals surface area contributed by atoms with Gasteiger partial charge >= 0.3 is 11.9 Å². The molecule has 5 heteroatoms. The number of benzene rings is 1. The van der Waals surface area contributed by atoms with Crippen molar-refractivity contribution in [2.24, 2.45) is 0 Å². The first-order chi connectivity index (χ1) is 8.02. The maximum atomic E-state index is 11.3. The van der Waals surface area contributed by atoms with Gasteiger partial charge in [0.1, 0.15) is 10.6 Å². The molecule has 92 valence electrons. The number of alkyl halides is 1. The van der Waals surface area contributed by atoms with Crippen LogP contribution in [0.2, 0.25) is 0 Å². The summed E-state index contributed by atoms with van der Waals surface area (Å²) in [7, 11) is 1.34. The molecular weight excluding hydrogens is 288 g/mol. The van der Waals surface area contributed by atoms with Crippen LogP contribution in [0.4, 0.5) is 0 Å². The van der Waals surface area contributed by atoms with E-state index < -0.39 is 0 Å². The van der Waals surface area contributed by atoms with Crippen LogP contribution in [0.1, 0.15) is 12.5 Å². The second-order valence-corrected chi connectivity index (χ2v) is 4.81. The van der Waals surface area contributed by atoms with Crippen molar-refractivity contribution >= 4 is 27.9 Å². The third kappa shape index (κ3) is 4.56. The van der Waals surface area contributed by atoms with E-state index in [0.717, 1.165) is 5.56 Å². The molecule has 0 aliphatic heterocycles. The number of ether oxygens (including phenoxy) is 2. The lowest BCUT2D eigenvalue weighted by molar-refractivity contribution is -0.139. The Bertz CT molecular complexity index is 397. The van der Waals surface area contributed by atoms with Gasteiger partial charge in [0.2, 0.25) is 0 Å². The van der Waals surface area contributed by atoms with Gasteiger partial charge in [0.05, 0.1) is 13.5 Å². The minimum atomic E-state index is -0.356. The number of hydrogen-bond acceptors (Lipinski definition) is 4. The highest BCUT2D eigenvalue weighted by molar-refractivity contribution is 9.10. The monoisotopic (exact) mass is 300 g/mol. The van der Waals surface area contributed by atoms with Gasteiger partial charge in [-0.3, -0.25) is 9.59 Å². The Balaban J connectivity index is 2.62. The lowest BCUT2D eigenvalue weighted by atomic mass is 10.1. The average molecular weight is 301 g/mol. The van der Waals surface area contributed by atoms with Crippen LogP contribution in [-0.4, -0.2) is 23.9 Å². The topological polar surface area (TPSA) is 52.6 Å². The van der Waals surface area contributed by atoms with E-state index in [4.69, 9.17) is 4.74 Å². The number of rotatable bonds is 4. The van der Waals surface area contributed by atoms with E-state index in [0.29, 0.717) is 5.75 Å². The summed E-state index contributed by atoms with van der Waals surface area (Å²) in [5.74, 6) is -0.204. The number of halogens is 1. The van der Waals surface area contributed by atoms with Crippen molar-refractivity contribution < 1.29 is 19.1 Å². The average Bonchev–Trinajstić information content (AvgIpc) is 2.31. The van der Waals surface area contributed by atoms with E-state index >= 15 is 0 Å². The van der Waals surface area contributed by atoms with Gasteiger partial charge < -0.3 is 9.47 Å². The van der Waals surface area contributed by atoms with Crippen LogP contribution in [0.3, 0.4) is 0 Å². The van der Waals surface area contributed by atoms with Gasteiger partial charge in [-0.15, -0.1) is 0 Å². The number of esters is 2. The Morgan fingerprint density at radius 2 is 1.88 bits per heavy atom. The van der Waals surface area contributed by atoms with Crippen LogP contribution < -0.4 is 4.74 Å². The summed E-state index contributed by atoms with van der Waals surface area (Å²) in [6, 6.07) is 6.73. The molecule has 0 N–H and O–H groups in total. The number of carbonyl (C=O) groups excluding carboxylic acids is 2. The zero-order valence-electron chi connectivity index (χ0n) is 9.60. The Morgan fingerprint density at radius 1 is 1.29 bits per heavy atom. The van der Waals surface area contributed by atoms with Gasteiger partial charge in [-0.2, -0.15) is 0 Å². The fraction of sp³-hybridized carbons (Fsp3) is 0.333.